The molecular formula is C26H29N3O3S2. The fourth-order valence-corrected chi connectivity index (χ4v) is 5.42. The van der Waals surface area contributed by atoms with E-state index in [4.69, 9.17) is 21.7 Å². The highest BCUT2D eigenvalue weighted by Crippen LogP contribution is 2.32. The molecule has 0 spiro atoms. The number of thiocarbonyl (C=S) groups is 1. The van der Waals surface area contributed by atoms with Gasteiger partial charge in [0.25, 0.3) is 0 Å². The highest BCUT2D eigenvalue weighted by molar-refractivity contribution is 7.80. The molecule has 2 heterocycles. The van der Waals surface area contributed by atoms with Crippen LogP contribution in [0.15, 0.2) is 60.7 Å². The number of ether oxygens (including phenoxy) is 2. The van der Waals surface area contributed by atoms with Crippen LogP contribution in [-0.2, 0) is 11.2 Å². The summed E-state index contributed by atoms with van der Waals surface area (Å²) in [5.41, 5.74) is 2.82. The van der Waals surface area contributed by atoms with Crippen molar-refractivity contribution in [3.8, 4) is 5.75 Å². The summed E-state index contributed by atoms with van der Waals surface area (Å²) in [6.45, 7) is 5.36. The molecule has 0 saturated carbocycles. The zero-order chi connectivity index (χ0) is 23.9. The summed E-state index contributed by atoms with van der Waals surface area (Å²) in [5.74, 6) is 0.546. The summed E-state index contributed by atoms with van der Waals surface area (Å²) in [5, 5.41) is 4.70. The van der Waals surface area contributed by atoms with Crippen LogP contribution in [0.2, 0.25) is 0 Å². The predicted molar refractivity (Wildman–Crippen MR) is 143 cm³/mol. The number of nitrogens with one attached hydrogen (secondary N) is 1. The van der Waals surface area contributed by atoms with E-state index in [0.717, 1.165) is 53.9 Å². The smallest absolute Gasteiger partial charge is 0.341 e. The molecule has 8 heteroatoms. The molecule has 3 aromatic rings. The van der Waals surface area contributed by atoms with Crippen molar-refractivity contribution in [2.45, 2.75) is 13.3 Å². The standard InChI is InChI=1S/C26H29N3O3S2/c1-3-32-25(30)21-18-20(17-19-9-5-4-6-10-19)34-24(21)27-26(33)29-15-13-28(14-16-29)22-11-7-8-12-23(22)31-2/h4-12,18H,3,13-17H2,1-2H3,(H,27,33). The van der Waals surface area contributed by atoms with Crippen LogP contribution in [0.5, 0.6) is 5.75 Å². The Labute approximate surface area is 210 Å². The molecule has 1 N–H and O–H groups in total. The molecule has 1 aromatic heterocycles. The van der Waals surface area contributed by atoms with E-state index in [-0.39, 0.29) is 5.97 Å². The van der Waals surface area contributed by atoms with Gasteiger partial charge in [-0.1, -0.05) is 42.5 Å². The first kappa shape index (κ1) is 24.0. The minimum Gasteiger partial charge on any atom is -0.495 e. The van der Waals surface area contributed by atoms with Crippen molar-refractivity contribution in [1.29, 1.82) is 0 Å². The first-order valence-corrected chi connectivity index (χ1v) is 12.6. The van der Waals surface area contributed by atoms with Crippen LogP contribution in [-0.4, -0.2) is 55.9 Å². The van der Waals surface area contributed by atoms with Crippen molar-refractivity contribution in [1.82, 2.24) is 4.90 Å². The summed E-state index contributed by atoms with van der Waals surface area (Å²) in [4.78, 5) is 18.2. The lowest BCUT2D eigenvalue weighted by Crippen LogP contribution is -2.50. The average molecular weight is 496 g/mol. The van der Waals surface area contributed by atoms with E-state index in [2.05, 4.69) is 33.3 Å². The van der Waals surface area contributed by atoms with Crippen LogP contribution in [0.3, 0.4) is 0 Å². The molecule has 1 fully saturated rings. The Bertz CT molecular complexity index is 1130. The number of nitrogens with zero attached hydrogens (tertiary/aromatic N) is 2. The molecule has 0 atom stereocenters. The SMILES string of the molecule is CCOC(=O)c1cc(Cc2ccccc2)sc1NC(=S)N1CCN(c2ccccc2OC)CC1. The maximum Gasteiger partial charge on any atom is 0.341 e. The lowest BCUT2D eigenvalue weighted by molar-refractivity contribution is 0.0528. The second kappa shape index (κ2) is 11.4. The fraction of sp³-hybridized carbons (Fsp3) is 0.308. The number of methoxy groups -OCH3 is 1. The van der Waals surface area contributed by atoms with E-state index >= 15 is 0 Å². The molecule has 178 valence electrons. The van der Waals surface area contributed by atoms with E-state index in [1.165, 1.54) is 5.56 Å². The number of thiophene rings is 1. The zero-order valence-electron chi connectivity index (χ0n) is 19.5. The molecule has 2 aromatic carbocycles. The molecule has 1 aliphatic rings. The molecule has 0 amide bonds. The zero-order valence-corrected chi connectivity index (χ0v) is 21.1. The number of carbonyl (C=O) groups excluding carboxylic acids is 1. The van der Waals surface area contributed by atoms with Gasteiger partial charge in [-0.3, -0.25) is 0 Å². The Hall–Kier alpha value is -3.10. The Kier molecular flexibility index (Phi) is 8.03. The Morgan fingerprint density at radius 3 is 2.47 bits per heavy atom. The molecule has 1 saturated heterocycles. The molecular weight excluding hydrogens is 466 g/mol. The van der Waals surface area contributed by atoms with Crippen molar-refractivity contribution >= 4 is 45.3 Å². The molecule has 6 nitrogen and oxygen atoms in total. The highest BCUT2D eigenvalue weighted by Gasteiger charge is 2.24. The third-order valence-corrected chi connectivity index (χ3v) is 7.12. The Morgan fingerprint density at radius 2 is 1.76 bits per heavy atom. The largest absolute Gasteiger partial charge is 0.495 e. The third kappa shape index (κ3) is 5.69. The molecule has 0 unspecified atom stereocenters. The monoisotopic (exact) mass is 495 g/mol. The molecule has 34 heavy (non-hydrogen) atoms. The van der Waals surface area contributed by atoms with Crippen molar-refractivity contribution in [3.05, 3.63) is 76.7 Å². The van der Waals surface area contributed by atoms with E-state index in [9.17, 15) is 4.79 Å². The summed E-state index contributed by atoms with van der Waals surface area (Å²) in [7, 11) is 1.70. The van der Waals surface area contributed by atoms with Crippen LogP contribution in [0, 0.1) is 0 Å². The van der Waals surface area contributed by atoms with Gasteiger partial charge in [0.15, 0.2) is 5.11 Å². The summed E-state index contributed by atoms with van der Waals surface area (Å²) in [6, 6.07) is 20.2. The van der Waals surface area contributed by atoms with E-state index in [1.807, 2.05) is 49.4 Å². The lowest BCUT2D eigenvalue weighted by atomic mass is 10.1. The minimum absolute atomic E-state index is 0.329. The number of hydrogen-bond acceptors (Lipinski definition) is 6. The van der Waals surface area contributed by atoms with Gasteiger partial charge in [-0.05, 0) is 42.9 Å². The second-order valence-electron chi connectivity index (χ2n) is 7.91. The number of anilines is 2. The predicted octanol–water partition coefficient (Wildman–Crippen LogP) is 5.04. The van der Waals surface area contributed by atoms with Crippen LogP contribution >= 0.6 is 23.6 Å². The van der Waals surface area contributed by atoms with Crippen LogP contribution in [0.25, 0.3) is 0 Å². The summed E-state index contributed by atoms with van der Waals surface area (Å²) >= 11 is 7.29. The number of rotatable bonds is 7. The van der Waals surface area contributed by atoms with E-state index < -0.39 is 0 Å². The normalized spacial score (nSPS) is 13.5. The third-order valence-electron chi connectivity index (χ3n) is 5.71. The van der Waals surface area contributed by atoms with Gasteiger partial charge in [-0.25, -0.2) is 4.79 Å². The van der Waals surface area contributed by atoms with Crippen LogP contribution in [0.1, 0.15) is 27.7 Å². The fourth-order valence-electron chi connectivity index (χ4n) is 4.00. The van der Waals surface area contributed by atoms with Crippen molar-refractivity contribution < 1.29 is 14.3 Å². The quantitative estimate of drug-likeness (QED) is 0.364. The lowest BCUT2D eigenvalue weighted by Gasteiger charge is -2.37. The van der Waals surface area contributed by atoms with Crippen molar-refractivity contribution in [2.24, 2.45) is 0 Å². The Morgan fingerprint density at radius 1 is 1.06 bits per heavy atom. The summed E-state index contributed by atoms with van der Waals surface area (Å²) < 4.78 is 10.8. The minimum atomic E-state index is -0.329. The average Bonchev–Trinajstić information content (AvgIpc) is 3.26. The first-order chi connectivity index (χ1) is 16.6. The highest BCUT2D eigenvalue weighted by atomic mass is 32.1. The maximum atomic E-state index is 12.6. The van der Waals surface area contributed by atoms with Gasteiger partial charge >= 0.3 is 5.97 Å². The van der Waals surface area contributed by atoms with Crippen LogP contribution < -0.4 is 15.0 Å². The Balaban J connectivity index is 1.44. The van der Waals surface area contributed by atoms with E-state index in [1.54, 1.807) is 18.4 Å². The molecule has 1 aliphatic heterocycles. The van der Waals surface area contributed by atoms with Gasteiger partial charge in [0.1, 0.15) is 10.8 Å². The second-order valence-corrected chi connectivity index (χ2v) is 9.44. The number of para-hydroxylation sites is 2. The summed E-state index contributed by atoms with van der Waals surface area (Å²) in [6.07, 6.45) is 0.754. The van der Waals surface area contributed by atoms with Gasteiger partial charge in [0.05, 0.1) is 25.0 Å². The molecule has 4 rings (SSSR count). The topological polar surface area (TPSA) is 54.0 Å². The van der Waals surface area contributed by atoms with Gasteiger partial charge in [0, 0.05) is 37.5 Å². The van der Waals surface area contributed by atoms with Gasteiger partial charge in [-0.15, -0.1) is 11.3 Å². The van der Waals surface area contributed by atoms with Gasteiger partial charge < -0.3 is 24.6 Å². The molecule has 0 radical (unpaired) electrons. The first-order valence-electron chi connectivity index (χ1n) is 11.4. The van der Waals surface area contributed by atoms with Crippen LogP contribution in [0.4, 0.5) is 10.7 Å². The van der Waals surface area contributed by atoms with Gasteiger partial charge in [0.2, 0.25) is 0 Å². The number of hydrogen-bond donors (Lipinski definition) is 1. The maximum absolute atomic E-state index is 12.6. The number of esters is 1. The number of piperazine rings is 1. The van der Waals surface area contributed by atoms with E-state index in [0.29, 0.717) is 17.3 Å². The van der Waals surface area contributed by atoms with Gasteiger partial charge in [-0.2, -0.15) is 0 Å². The number of benzene rings is 2. The molecule has 0 aliphatic carbocycles. The number of carbonyl (C=O) groups is 1. The van der Waals surface area contributed by atoms with Crippen molar-refractivity contribution in [3.63, 3.8) is 0 Å². The van der Waals surface area contributed by atoms with Crippen molar-refractivity contribution in [2.75, 3.05) is 50.1 Å². The molecule has 0 bridgehead atoms.